The fourth-order valence-corrected chi connectivity index (χ4v) is 5.38. The van der Waals surface area contributed by atoms with Crippen molar-refractivity contribution < 1.29 is 0 Å². The lowest BCUT2D eigenvalue weighted by atomic mass is 9.53. The first kappa shape index (κ1) is 11.1. The molecule has 18 heavy (non-hydrogen) atoms. The Bertz CT molecular complexity index is 340. The summed E-state index contributed by atoms with van der Waals surface area (Å²) >= 11 is 0. The smallest absolute Gasteiger partial charge is 0.196 e. The maximum absolute atomic E-state index is 5.30. The molecule has 0 radical (unpaired) electrons. The molecule has 0 spiro atoms. The standard InChI is InChI=1S/C15H25N3/c1-17-3-4-18(2)14(17)16-15-8-11-5-12(9-15)7-13(6-11)10-15/h11-13H,3-10H2,1-2H3. The van der Waals surface area contributed by atoms with Gasteiger partial charge in [0, 0.05) is 27.2 Å². The van der Waals surface area contributed by atoms with Gasteiger partial charge in [0.1, 0.15) is 0 Å². The number of likely N-dealkylation sites (N-methyl/N-ethyl adjacent to an activating group) is 2. The molecule has 1 saturated heterocycles. The summed E-state index contributed by atoms with van der Waals surface area (Å²) in [5, 5.41) is 0. The van der Waals surface area contributed by atoms with Crippen molar-refractivity contribution in [2.45, 2.75) is 44.1 Å². The molecule has 0 atom stereocenters. The van der Waals surface area contributed by atoms with Gasteiger partial charge in [0.2, 0.25) is 0 Å². The van der Waals surface area contributed by atoms with Gasteiger partial charge in [0.05, 0.1) is 5.54 Å². The Kier molecular flexibility index (Phi) is 2.25. The van der Waals surface area contributed by atoms with Crippen molar-refractivity contribution in [2.24, 2.45) is 22.7 Å². The first-order valence-corrected chi connectivity index (χ1v) is 7.66. The molecule has 0 amide bonds. The molecule has 4 saturated carbocycles. The van der Waals surface area contributed by atoms with E-state index < -0.39 is 0 Å². The minimum atomic E-state index is 0.330. The third kappa shape index (κ3) is 1.59. The van der Waals surface area contributed by atoms with Gasteiger partial charge in [-0.2, -0.15) is 0 Å². The van der Waals surface area contributed by atoms with Crippen molar-refractivity contribution in [3.8, 4) is 0 Å². The van der Waals surface area contributed by atoms with Gasteiger partial charge in [-0.25, -0.2) is 4.99 Å². The van der Waals surface area contributed by atoms with E-state index in [0.29, 0.717) is 5.54 Å². The van der Waals surface area contributed by atoms with Gasteiger partial charge in [-0.05, 0) is 56.3 Å². The number of aliphatic imine (C=N–C) groups is 1. The largest absolute Gasteiger partial charge is 0.344 e. The van der Waals surface area contributed by atoms with E-state index in [1.54, 1.807) is 0 Å². The van der Waals surface area contributed by atoms with Crippen molar-refractivity contribution in [2.75, 3.05) is 27.2 Å². The van der Waals surface area contributed by atoms with Crippen LogP contribution in [0.5, 0.6) is 0 Å². The molecule has 0 aromatic heterocycles. The highest BCUT2D eigenvalue weighted by molar-refractivity contribution is 5.82. The molecular formula is C15H25N3. The summed E-state index contributed by atoms with van der Waals surface area (Å²) in [6.45, 7) is 2.28. The van der Waals surface area contributed by atoms with Gasteiger partial charge in [0.15, 0.2) is 5.96 Å². The molecule has 0 aromatic rings. The number of hydrogen-bond acceptors (Lipinski definition) is 1. The van der Waals surface area contributed by atoms with Crippen LogP contribution in [0.2, 0.25) is 0 Å². The lowest BCUT2D eigenvalue weighted by molar-refractivity contribution is 0.000829. The summed E-state index contributed by atoms with van der Waals surface area (Å²) in [5.41, 5.74) is 0.330. The topological polar surface area (TPSA) is 18.8 Å². The van der Waals surface area contributed by atoms with E-state index in [1.807, 2.05) is 0 Å². The zero-order chi connectivity index (χ0) is 12.3. The Labute approximate surface area is 110 Å². The summed E-state index contributed by atoms with van der Waals surface area (Å²) in [7, 11) is 4.39. The molecule has 3 heteroatoms. The number of rotatable bonds is 1. The van der Waals surface area contributed by atoms with Crippen LogP contribution in [0.25, 0.3) is 0 Å². The molecule has 4 aliphatic carbocycles. The van der Waals surface area contributed by atoms with E-state index in [9.17, 15) is 0 Å². The molecular weight excluding hydrogens is 222 g/mol. The monoisotopic (exact) mass is 247 g/mol. The van der Waals surface area contributed by atoms with Crippen molar-refractivity contribution in [1.82, 2.24) is 9.80 Å². The maximum Gasteiger partial charge on any atom is 0.196 e. The fraction of sp³-hybridized carbons (Fsp3) is 0.933. The van der Waals surface area contributed by atoms with E-state index in [-0.39, 0.29) is 0 Å². The predicted molar refractivity (Wildman–Crippen MR) is 73.6 cm³/mol. The molecule has 5 aliphatic rings. The Balaban J connectivity index is 1.66. The fourth-order valence-electron chi connectivity index (χ4n) is 5.38. The van der Waals surface area contributed by atoms with Crippen LogP contribution >= 0.6 is 0 Å². The van der Waals surface area contributed by atoms with Gasteiger partial charge in [-0.3, -0.25) is 0 Å². The Morgan fingerprint density at radius 1 is 0.889 bits per heavy atom. The number of nitrogens with zero attached hydrogens (tertiary/aromatic N) is 3. The molecule has 1 aliphatic heterocycles. The van der Waals surface area contributed by atoms with Crippen LogP contribution in [-0.4, -0.2) is 48.5 Å². The molecule has 100 valence electrons. The molecule has 0 N–H and O–H groups in total. The van der Waals surface area contributed by atoms with Gasteiger partial charge in [-0.15, -0.1) is 0 Å². The highest BCUT2D eigenvalue weighted by Crippen LogP contribution is 2.57. The molecule has 1 heterocycles. The van der Waals surface area contributed by atoms with Crippen molar-refractivity contribution in [3.05, 3.63) is 0 Å². The quantitative estimate of drug-likeness (QED) is 0.707. The van der Waals surface area contributed by atoms with E-state index >= 15 is 0 Å². The summed E-state index contributed by atoms with van der Waals surface area (Å²) in [4.78, 5) is 9.99. The van der Waals surface area contributed by atoms with Crippen LogP contribution in [0.4, 0.5) is 0 Å². The zero-order valence-electron chi connectivity index (χ0n) is 11.7. The second kappa shape index (κ2) is 3.64. The molecule has 3 nitrogen and oxygen atoms in total. The summed E-state index contributed by atoms with van der Waals surface area (Å²) < 4.78 is 0. The minimum Gasteiger partial charge on any atom is -0.344 e. The lowest BCUT2D eigenvalue weighted by Gasteiger charge is -2.55. The highest BCUT2D eigenvalue weighted by atomic mass is 15.4. The van der Waals surface area contributed by atoms with Crippen LogP contribution in [0.15, 0.2) is 4.99 Å². The van der Waals surface area contributed by atoms with Crippen molar-refractivity contribution in [3.63, 3.8) is 0 Å². The SMILES string of the molecule is CN1CCN(C)C1=NC12CC3CC(CC(C3)C1)C2. The van der Waals surface area contributed by atoms with Crippen molar-refractivity contribution >= 4 is 5.96 Å². The average molecular weight is 247 g/mol. The van der Waals surface area contributed by atoms with Gasteiger partial charge in [-0.1, -0.05) is 0 Å². The summed E-state index contributed by atoms with van der Waals surface area (Å²) in [6, 6.07) is 0. The zero-order valence-corrected chi connectivity index (χ0v) is 11.7. The number of hydrogen-bond donors (Lipinski definition) is 0. The Morgan fingerprint density at radius 3 is 1.78 bits per heavy atom. The van der Waals surface area contributed by atoms with Crippen molar-refractivity contribution in [1.29, 1.82) is 0 Å². The molecule has 5 rings (SSSR count). The van der Waals surface area contributed by atoms with Crippen LogP contribution in [0.3, 0.4) is 0 Å². The Morgan fingerprint density at radius 2 is 1.33 bits per heavy atom. The predicted octanol–water partition coefficient (Wildman–Crippen LogP) is 2.19. The molecule has 4 bridgehead atoms. The first-order chi connectivity index (χ1) is 8.63. The van der Waals surface area contributed by atoms with Crippen LogP contribution in [-0.2, 0) is 0 Å². The third-order valence-electron chi connectivity index (χ3n) is 5.80. The van der Waals surface area contributed by atoms with Gasteiger partial charge >= 0.3 is 0 Å². The van der Waals surface area contributed by atoms with Crippen LogP contribution in [0.1, 0.15) is 38.5 Å². The molecule has 0 aromatic carbocycles. The van der Waals surface area contributed by atoms with E-state index in [1.165, 1.54) is 44.5 Å². The Hall–Kier alpha value is -0.730. The first-order valence-electron chi connectivity index (χ1n) is 7.66. The number of guanidine groups is 1. The second-order valence-corrected chi connectivity index (χ2v) is 7.40. The third-order valence-corrected chi connectivity index (χ3v) is 5.80. The molecule has 0 unspecified atom stereocenters. The van der Waals surface area contributed by atoms with Gasteiger partial charge in [0.25, 0.3) is 0 Å². The van der Waals surface area contributed by atoms with E-state index in [4.69, 9.17) is 4.99 Å². The average Bonchev–Trinajstić information content (AvgIpc) is 2.58. The lowest BCUT2D eigenvalue weighted by Crippen LogP contribution is -2.50. The maximum atomic E-state index is 5.30. The van der Waals surface area contributed by atoms with E-state index in [2.05, 4.69) is 23.9 Å². The van der Waals surface area contributed by atoms with Crippen LogP contribution in [0, 0.1) is 17.8 Å². The summed E-state index contributed by atoms with van der Waals surface area (Å²) in [6.07, 6.45) is 8.67. The highest BCUT2D eigenvalue weighted by Gasteiger charge is 2.51. The second-order valence-electron chi connectivity index (χ2n) is 7.40. The molecule has 5 fully saturated rings. The van der Waals surface area contributed by atoms with E-state index in [0.717, 1.165) is 30.8 Å². The minimum absolute atomic E-state index is 0.330. The van der Waals surface area contributed by atoms with Crippen LogP contribution < -0.4 is 0 Å². The normalized spacial score (nSPS) is 46.1. The van der Waals surface area contributed by atoms with Gasteiger partial charge < -0.3 is 9.80 Å². The summed E-state index contributed by atoms with van der Waals surface area (Å²) in [5.74, 6) is 4.25.